The van der Waals surface area contributed by atoms with Crippen molar-refractivity contribution in [3.05, 3.63) is 60.3 Å². The Morgan fingerprint density at radius 3 is 2.72 bits per heavy atom. The number of hydrogen-bond donors (Lipinski definition) is 1. The fourth-order valence-electron chi connectivity index (χ4n) is 2.49. The standard InChI is InChI=1S/C15H17N2O/c18-14-11-16-9-5-4-8-15(16)17(12-14)10-13-6-2-1-3-7-13/h1-9,14,18H,10-12H2/q+1/t14-/m0/s1. The van der Waals surface area contributed by atoms with E-state index in [1.807, 2.05) is 24.4 Å². The molecule has 18 heavy (non-hydrogen) atoms. The first-order valence-corrected chi connectivity index (χ1v) is 6.28. The summed E-state index contributed by atoms with van der Waals surface area (Å²) in [5, 5.41) is 9.94. The molecule has 92 valence electrons. The van der Waals surface area contributed by atoms with Crippen LogP contribution in [0.25, 0.3) is 0 Å². The predicted octanol–water partition coefficient (Wildman–Crippen LogP) is 1.36. The number of aromatic nitrogens is 1. The number of pyridine rings is 1. The second kappa shape index (κ2) is 4.78. The Hall–Kier alpha value is -1.87. The minimum atomic E-state index is -0.298. The molecule has 1 aromatic heterocycles. The molecular weight excluding hydrogens is 224 g/mol. The van der Waals surface area contributed by atoms with E-state index in [-0.39, 0.29) is 6.10 Å². The molecule has 0 unspecified atom stereocenters. The Bertz CT molecular complexity index is 527. The maximum Gasteiger partial charge on any atom is 0.276 e. The van der Waals surface area contributed by atoms with Gasteiger partial charge in [-0.05, 0) is 11.6 Å². The molecule has 0 aliphatic carbocycles. The van der Waals surface area contributed by atoms with Gasteiger partial charge in [0.25, 0.3) is 5.82 Å². The zero-order valence-corrected chi connectivity index (χ0v) is 10.2. The molecule has 1 atom stereocenters. The number of fused-ring (bicyclic) bond motifs is 1. The Morgan fingerprint density at radius 1 is 1.11 bits per heavy atom. The molecule has 2 heterocycles. The number of hydrogen-bond acceptors (Lipinski definition) is 2. The van der Waals surface area contributed by atoms with Crippen LogP contribution in [0.3, 0.4) is 0 Å². The summed E-state index contributed by atoms with van der Waals surface area (Å²) in [6.07, 6.45) is 1.73. The molecule has 1 N–H and O–H groups in total. The number of nitrogens with zero attached hydrogens (tertiary/aromatic N) is 2. The van der Waals surface area contributed by atoms with E-state index in [1.165, 1.54) is 11.4 Å². The van der Waals surface area contributed by atoms with Crippen LogP contribution < -0.4 is 9.47 Å². The average Bonchev–Trinajstić information content (AvgIpc) is 2.40. The number of aliphatic hydroxyl groups is 1. The number of benzene rings is 1. The summed E-state index contributed by atoms with van der Waals surface area (Å²) in [4.78, 5) is 2.23. The molecule has 0 fully saturated rings. The van der Waals surface area contributed by atoms with Gasteiger partial charge in [-0.2, -0.15) is 0 Å². The minimum absolute atomic E-state index is 0.298. The quantitative estimate of drug-likeness (QED) is 0.804. The third kappa shape index (κ3) is 2.22. The van der Waals surface area contributed by atoms with Crippen LogP contribution >= 0.6 is 0 Å². The Labute approximate surface area is 107 Å². The number of β-amino-alcohol motifs (C(OH)–C–C–N with tert-alkyl or cyclic N) is 1. The Morgan fingerprint density at radius 2 is 1.89 bits per heavy atom. The van der Waals surface area contributed by atoms with Gasteiger partial charge in [0.1, 0.15) is 25.7 Å². The number of anilines is 1. The van der Waals surface area contributed by atoms with Crippen LogP contribution in [0.2, 0.25) is 0 Å². The van der Waals surface area contributed by atoms with Gasteiger partial charge in [-0.1, -0.05) is 36.4 Å². The van der Waals surface area contributed by atoms with Crippen LogP contribution in [0.5, 0.6) is 0 Å². The van der Waals surface area contributed by atoms with Gasteiger partial charge in [0.2, 0.25) is 0 Å². The lowest BCUT2D eigenvalue weighted by Crippen LogP contribution is -2.54. The monoisotopic (exact) mass is 241 g/mol. The molecule has 3 rings (SSSR count). The molecule has 0 radical (unpaired) electrons. The summed E-state index contributed by atoms with van der Waals surface area (Å²) in [6.45, 7) is 2.21. The molecule has 0 saturated heterocycles. The van der Waals surface area contributed by atoms with Crippen molar-refractivity contribution < 1.29 is 9.67 Å². The second-order valence-electron chi connectivity index (χ2n) is 4.73. The van der Waals surface area contributed by atoms with Crippen LogP contribution in [0.1, 0.15) is 5.56 Å². The molecular formula is C15H17N2O+. The summed E-state index contributed by atoms with van der Waals surface area (Å²) in [6, 6.07) is 16.5. The molecule has 0 bridgehead atoms. The molecule has 3 nitrogen and oxygen atoms in total. The molecule has 0 spiro atoms. The van der Waals surface area contributed by atoms with Crippen molar-refractivity contribution in [3.8, 4) is 0 Å². The highest BCUT2D eigenvalue weighted by Gasteiger charge is 2.29. The highest BCUT2D eigenvalue weighted by atomic mass is 16.3. The molecule has 1 aromatic carbocycles. The minimum Gasteiger partial charge on any atom is -0.385 e. The van der Waals surface area contributed by atoms with Gasteiger partial charge in [0, 0.05) is 6.07 Å². The average molecular weight is 241 g/mol. The van der Waals surface area contributed by atoms with Crippen LogP contribution in [0, 0.1) is 0 Å². The molecule has 3 heteroatoms. The summed E-state index contributed by atoms with van der Waals surface area (Å²) in [5.74, 6) is 1.17. The van der Waals surface area contributed by atoms with Crippen molar-refractivity contribution in [1.82, 2.24) is 0 Å². The first-order chi connectivity index (χ1) is 8.83. The third-order valence-corrected chi connectivity index (χ3v) is 3.30. The molecule has 0 amide bonds. The van der Waals surface area contributed by atoms with Crippen molar-refractivity contribution in [2.45, 2.75) is 19.2 Å². The van der Waals surface area contributed by atoms with Crippen LogP contribution in [0.4, 0.5) is 5.82 Å². The fourth-order valence-corrected chi connectivity index (χ4v) is 2.49. The maximum atomic E-state index is 9.94. The van der Waals surface area contributed by atoms with Crippen molar-refractivity contribution in [2.24, 2.45) is 0 Å². The number of aliphatic hydroxyl groups excluding tert-OH is 1. The van der Waals surface area contributed by atoms with Crippen molar-refractivity contribution in [1.29, 1.82) is 0 Å². The van der Waals surface area contributed by atoms with Crippen LogP contribution in [0.15, 0.2) is 54.7 Å². The van der Waals surface area contributed by atoms with E-state index in [2.05, 4.69) is 39.8 Å². The van der Waals surface area contributed by atoms with Crippen LogP contribution in [-0.4, -0.2) is 17.8 Å². The van der Waals surface area contributed by atoms with Crippen molar-refractivity contribution in [2.75, 3.05) is 11.4 Å². The molecule has 1 aliphatic heterocycles. The zero-order chi connectivity index (χ0) is 12.4. The smallest absolute Gasteiger partial charge is 0.276 e. The van der Waals surface area contributed by atoms with Crippen molar-refractivity contribution >= 4 is 5.82 Å². The zero-order valence-electron chi connectivity index (χ0n) is 10.2. The highest BCUT2D eigenvalue weighted by Crippen LogP contribution is 2.16. The largest absolute Gasteiger partial charge is 0.385 e. The lowest BCUT2D eigenvalue weighted by molar-refractivity contribution is -0.695. The maximum absolute atomic E-state index is 9.94. The fraction of sp³-hybridized carbons (Fsp3) is 0.267. The predicted molar refractivity (Wildman–Crippen MR) is 70.1 cm³/mol. The van der Waals surface area contributed by atoms with Gasteiger partial charge >= 0.3 is 0 Å². The van der Waals surface area contributed by atoms with E-state index in [0.717, 1.165) is 6.54 Å². The van der Waals surface area contributed by atoms with E-state index in [1.54, 1.807) is 0 Å². The second-order valence-corrected chi connectivity index (χ2v) is 4.73. The summed E-state index contributed by atoms with van der Waals surface area (Å²) in [5.41, 5.74) is 1.27. The Balaban J connectivity index is 1.89. The Kier molecular flexibility index (Phi) is 2.99. The molecule has 1 aliphatic rings. The van der Waals surface area contributed by atoms with E-state index in [4.69, 9.17) is 0 Å². The topological polar surface area (TPSA) is 27.3 Å². The van der Waals surface area contributed by atoms with E-state index < -0.39 is 0 Å². The van der Waals surface area contributed by atoms with E-state index in [0.29, 0.717) is 13.1 Å². The number of rotatable bonds is 2. The normalized spacial score (nSPS) is 18.5. The van der Waals surface area contributed by atoms with Gasteiger partial charge in [-0.25, -0.2) is 4.57 Å². The summed E-state index contributed by atoms with van der Waals surface area (Å²) in [7, 11) is 0. The molecule has 2 aromatic rings. The van der Waals surface area contributed by atoms with E-state index >= 15 is 0 Å². The van der Waals surface area contributed by atoms with E-state index in [9.17, 15) is 5.11 Å². The van der Waals surface area contributed by atoms with Crippen molar-refractivity contribution in [3.63, 3.8) is 0 Å². The highest BCUT2D eigenvalue weighted by molar-refractivity contribution is 5.35. The first kappa shape index (κ1) is 11.2. The van der Waals surface area contributed by atoms with Gasteiger partial charge < -0.3 is 5.11 Å². The van der Waals surface area contributed by atoms with Crippen LogP contribution in [-0.2, 0) is 13.1 Å². The lowest BCUT2D eigenvalue weighted by Gasteiger charge is -2.27. The van der Waals surface area contributed by atoms with Gasteiger partial charge in [-0.15, -0.1) is 0 Å². The van der Waals surface area contributed by atoms with Gasteiger partial charge in [-0.3, -0.25) is 4.90 Å². The molecule has 0 saturated carbocycles. The summed E-state index contributed by atoms with van der Waals surface area (Å²) >= 11 is 0. The lowest BCUT2D eigenvalue weighted by atomic mass is 10.1. The SMILES string of the molecule is O[C@@H]1CN(Cc2ccccc2)c2cccc[n+]2C1. The first-order valence-electron chi connectivity index (χ1n) is 6.28. The summed E-state index contributed by atoms with van der Waals surface area (Å²) < 4.78 is 2.11. The third-order valence-electron chi connectivity index (χ3n) is 3.30. The van der Waals surface area contributed by atoms with Gasteiger partial charge in [0.05, 0.1) is 6.20 Å². The van der Waals surface area contributed by atoms with Gasteiger partial charge in [0.15, 0.2) is 0 Å².